The minimum atomic E-state index is 0.607. The SMILES string of the molecule is CC1CCC(CNc2nc3cc(N)ccc3o2)C1. The number of fused-ring (bicyclic) bond motifs is 1. The summed E-state index contributed by atoms with van der Waals surface area (Å²) in [5, 5.41) is 3.30. The number of nitrogen functional groups attached to an aromatic ring is 1. The molecule has 1 aliphatic rings. The van der Waals surface area contributed by atoms with Crippen LogP contribution in [0.3, 0.4) is 0 Å². The molecule has 1 heterocycles. The van der Waals surface area contributed by atoms with Crippen molar-refractivity contribution in [2.45, 2.75) is 26.2 Å². The third-order valence-corrected chi connectivity index (χ3v) is 3.76. The Bertz CT molecular complexity index is 549. The van der Waals surface area contributed by atoms with E-state index < -0.39 is 0 Å². The van der Waals surface area contributed by atoms with Gasteiger partial charge in [0, 0.05) is 12.2 Å². The molecule has 1 aliphatic carbocycles. The summed E-state index contributed by atoms with van der Waals surface area (Å²) < 4.78 is 5.63. The molecule has 0 spiro atoms. The summed E-state index contributed by atoms with van der Waals surface area (Å²) >= 11 is 0. The van der Waals surface area contributed by atoms with E-state index in [2.05, 4.69) is 17.2 Å². The normalized spacial score (nSPS) is 23.6. The van der Waals surface area contributed by atoms with Crippen LogP contribution in [0.4, 0.5) is 11.7 Å². The number of nitrogens with two attached hydrogens (primary N) is 1. The molecule has 4 nitrogen and oxygen atoms in total. The minimum Gasteiger partial charge on any atom is -0.424 e. The van der Waals surface area contributed by atoms with Crippen molar-refractivity contribution in [1.82, 2.24) is 4.98 Å². The summed E-state index contributed by atoms with van der Waals surface area (Å²) in [6.45, 7) is 3.27. The van der Waals surface area contributed by atoms with Gasteiger partial charge in [-0.05, 0) is 42.9 Å². The van der Waals surface area contributed by atoms with Gasteiger partial charge < -0.3 is 15.5 Å². The lowest BCUT2D eigenvalue weighted by Crippen LogP contribution is -2.11. The van der Waals surface area contributed by atoms with E-state index in [1.807, 2.05) is 18.2 Å². The lowest BCUT2D eigenvalue weighted by Gasteiger charge is -2.08. The molecule has 0 bridgehead atoms. The Kier molecular flexibility index (Phi) is 2.86. The van der Waals surface area contributed by atoms with E-state index in [-0.39, 0.29) is 0 Å². The highest BCUT2D eigenvalue weighted by Gasteiger charge is 2.21. The van der Waals surface area contributed by atoms with Crippen LogP contribution in [0.1, 0.15) is 26.2 Å². The van der Waals surface area contributed by atoms with Gasteiger partial charge in [0.05, 0.1) is 0 Å². The van der Waals surface area contributed by atoms with E-state index >= 15 is 0 Å². The third-order valence-electron chi connectivity index (χ3n) is 3.76. The lowest BCUT2D eigenvalue weighted by molar-refractivity contribution is 0.525. The zero-order valence-electron chi connectivity index (χ0n) is 10.6. The molecule has 1 fully saturated rings. The summed E-state index contributed by atoms with van der Waals surface area (Å²) in [4.78, 5) is 4.40. The number of hydrogen-bond donors (Lipinski definition) is 2. The Morgan fingerprint density at radius 1 is 1.44 bits per heavy atom. The van der Waals surface area contributed by atoms with Gasteiger partial charge in [0.15, 0.2) is 5.58 Å². The van der Waals surface area contributed by atoms with Crippen molar-refractivity contribution in [3.05, 3.63) is 18.2 Å². The van der Waals surface area contributed by atoms with Gasteiger partial charge in [0.25, 0.3) is 6.01 Å². The Morgan fingerprint density at radius 3 is 3.11 bits per heavy atom. The van der Waals surface area contributed by atoms with Crippen LogP contribution in [0.5, 0.6) is 0 Å². The highest BCUT2D eigenvalue weighted by molar-refractivity contribution is 5.78. The zero-order chi connectivity index (χ0) is 12.5. The summed E-state index contributed by atoms with van der Waals surface area (Å²) in [6, 6.07) is 6.13. The maximum atomic E-state index is 5.72. The van der Waals surface area contributed by atoms with Crippen molar-refractivity contribution in [1.29, 1.82) is 0 Å². The van der Waals surface area contributed by atoms with Crippen molar-refractivity contribution in [2.75, 3.05) is 17.6 Å². The second-order valence-corrected chi connectivity index (χ2v) is 5.41. The second kappa shape index (κ2) is 4.52. The molecule has 1 aromatic heterocycles. The van der Waals surface area contributed by atoms with Crippen molar-refractivity contribution >= 4 is 22.8 Å². The number of benzene rings is 1. The van der Waals surface area contributed by atoms with E-state index in [9.17, 15) is 0 Å². The predicted molar refractivity (Wildman–Crippen MR) is 73.4 cm³/mol. The van der Waals surface area contributed by atoms with Crippen molar-refractivity contribution in [3.8, 4) is 0 Å². The summed E-state index contributed by atoms with van der Waals surface area (Å²) in [5.41, 5.74) is 8.04. The molecule has 0 saturated heterocycles. The van der Waals surface area contributed by atoms with Crippen LogP contribution >= 0.6 is 0 Å². The summed E-state index contributed by atoms with van der Waals surface area (Å²) in [5.74, 6) is 1.61. The highest BCUT2D eigenvalue weighted by Crippen LogP contribution is 2.30. The van der Waals surface area contributed by atoms with Crippen LogP contribution in [0.2, 0.25) is 0 Å². The number of oxazole rings is 1. The average molecular weight is 245 g/mol. The Morgan fingerprint density at radius 2 is 2.33 bits per heavy atom. The summed E-state index contributed by atoms with van der Waals surface area (Å²) in [6.07, 6.45) is 3.96. The van der Waals surface area contributed by atoms with E-state index in [4.69, 9.17) is 10.2 Å². The number of hydrogen-bond acceptors (Lipinski definition) is 4. The van der Waals surface area contributed by atoms with Gasteiger partial charge in [-0.2, -0.15) is 4.98 Å². The molecule has 1 aromatic carbocycles. The Balaban J connectivity index is 1.67. The predicted octanol–water partition coefficient (Wildman–Crippen LogP) is 3.26. The molecular weight excluding hydrogens is 226 g/mol. The van der Waals surface area contributed by atoms with Gasteiger partial charge in [0.2, 0.25) is 0 Å². The fraction of sp³-hybridized carbons (Fsp3) is 0.500. The maximum Gasteiger partial charge on any atom is 0.295 e. The molecule has 2 aromatic rings. The van der Waals surface area contributed by atoms with Crippen LogP contribution in [0.25, 0.3) is 11.1 Å². The maximum absolute atomic E-state index is 5.72. The smallest absolute Gasteiger partial charge is 0.295 e. The molecule has 2 unspecified atom stereocenters. The van der Waals surface area contributed by atoms with Gasteiger partial charge in [-0.3, -0.25) is 0 Å². The van der Waals surface area contributed by atoms with Crippen molar-refractivity contribution in [3.63, 3.8) is 0 Å². The van der Waals surface area contributed by atoms with Crippen molar-refractivity contribution in [2.24, 2.45) is 11.8 Å². The first-order chi connectivity index (χ1) is 8.70. The Hall–Kier alpha value is -1.71. The molecular formula is C14H19N3O. The quantitative estimate of drug-likeness (QED) is 0.815. The van der Waals surface area contributed by atoms with Crippen LogP contribution < -0.4 is 11.1 Å². The van der Waals surface area contributed by atoms with Gasteiger partial charge in [0.1, 0.15) is 5.52 Å². The molecule has 3 rings (SSSR count). The van der Waals surface area contributed by atoms with Crippen LogP contribution in [0, 0.1) is 11.8 Å². The molecule has 96 valence electrons. The first-order valence-electron chi connectivity index (χ1n) is 6.60. The number of aromatic nitrogens is 1. The molecule has 4 heteroatoms. The molecule has 2 atom stereocenters. The monoisotopic (exact) mass is 245 g/mol. The largest absolute Gasteiger partial charge is 0.424 e. The molecule has 0 aliphatic heterocycles. The highest BCUT2D eigenvalue weighted by atomic mass is 16.4. The minimum absolute atomic E-state index is 0.607. The second-order valence-electron chi connectivity index (χ2n) is 5.41. The molecule has 3 N–H and O–H groups in total. The fourth-order valence-corrected chi connectivity index (χ4v) is 2.76. The van der Waals surface area contributed by atoms with E-state index in [0.717, 1.165) is 29.5 Å². The van der Waals surface area contributed by atoms with Crippen LogP contribution in [-0.4, -0.2) is 11.5 Å². The van der Waals surface area contributed by atoms with Crippen LogP contribution in [-0.2, 0) is 0 Å². The van der Waals surface area contributed by atoms with Gasteiger partial charge in [-0.25, -0.2) is 0 Å². The first-order valence-corrected chi connectivity index (χ1v) is 6.60. The van der Waals surface area contributed by atoms with Gasteiger partial charge >= 0.3 is 0 Å². The first kappa shape index (κ1) is 11.4. The van der Waals surface area contributed by atoms with Gasteiger partial charge in [-0.15, -0.1) is 0 Å². The molecule has 1 saturated carbocycles. The zero-order valence-corrected chi connectivity index (χ0v) is 10.6. The van der Waals surface area contributed by atoms with Crippen molar-refractivity contribution < 1.29 is 4.42 Å². The molecule has 18 heavy (non-hydrogen) atoms. The van der Waals surface area contributed by atoms with Crippen LogP contribution in [0.15, 0.2) is 22.6 Å². The number of nitrogens with one attached hydrogen (secondary N) is 1. The standard InChI is InChI=1S/C14H19N3O/c1-9-2-3-10(6-9)8-16-14-17-12-7-11(15)4-5-13(12)18-14/h4-5,7,9-10H,2-3,6,8,15H2,1H3,(H,16,17). The molecule has 0 amide bonds. The summed E-state index contributed by atoms with van der Waals surface area (Å²) in [7, 11) is 0. The van der Waals surface area contributed by atoms with Gasteiger partial charge in [-0.1, -0.05) is 13.3 Å². The topological polar surface area (TPSA) is 64.1 Å². The number of nitrogens with zero attached hydrogens (tertiary/aromatic N) is 1. The number of anilines is 2. The molecule has 0 radical (unpaired) electrons. The lowest BCUT2D eigenvalue weighted by atomic mass is 10.1. The Labute approximate surface area is 107 Å². The van der Waals surface area contributed by atoms with E-state index in [0.29, 0.717) is 11.7 Å². The van der Waals surface area contributed by atoms with E-state index in [1.54, 1.807) is 0 Å². The average Bonchev–Trinajstić information content (AvgIpc) is 2.92. The number of rotatable bonds is 3. The third kappa shape index (κ3) is 2.28. The fourth-order valence-electron chi connectivity index (χ4n) is 2.76. The van der Waals surface area contributed by atoms with E-state index in [1.165, 1.54) is 19.3 Å².